The maximum absolute atomic E-state index is 12.3. The van der Waals surface area contributed by atoms with Crippen LogP contribution in [0, 0.1) is 13.8 Å². The van der Waals surface area contributed by atoms with Gasteiger partial charge in [-0.15, -0.1) is 0 Å². The molecule has 0 aromatic carbocycles. The first kappa shape index (κ1) is 17.6. The number of carboxylic acids is 1. The Bertz CT molecular complexity index is 754. The normalized spacial score (nSPS) is 13.3. The summed E-state index contributed by atoms with van der Waals surface area (Å²) in [7, 11) is 1.37. The topological polar surface area (TPSA) is 106 Å². The highest BCUT2D eigenvalue weighted by molar-refractivity contribution is 5.97. The van der Waals surface area contributed by atoms with Gasteiger partial charge in [-0.05, 0) is 39.0 Å². The van der Waals surface area contributed by atoms with E-state index in [1.165, 1.54) is 20.2 Å². The molecule has 0 saturated carbocycles. The number of ether oxygens (including phenoxy) is 1. The Morgan fingerprint density at radius 2 is 2.08 bits per heavy atom. The van der Waals surface area contributed by atoms with E-state index in [0.29, 0.717) is 5.82 Å². The van der Waals surface area contributed by atoms with Gasteiger partial charge in [0.1, 0.15) is 0 Å². The molecule has 0 fully saturated rings. The number of nitrogens with zero attached hydrogens (tertiary/aromatic N) is 3. The van der Waals surface area contributed by atoms with Crippen molar-refractivity contribution < 1.29 is 19.4 Å². The fourth-order valence-electron chi connectivity index (χ4n) is 2.27. The zero-order valence-corrected chi connectivity index (χ0v) is 14.0. The van der Waals surface area contributed by atoms with Crippen molar-refractivity contribution in [3.8, 4) is 5.82 Å². The average molecular weight is 332 g/mol. The van der Waals surface area contributed by atoms with Gasteiger partial charge in [-0.3, -0.25) is 4.79 Å². The van der Waals surface area contributed by atoms with Crippen LogP contribution >= 0.6 is 0 Å². The SMILES string of the molecule is COCC(C)(NC(=O)c1ccc(-n2nc(C)cc2C)nc1)C(=O)O. The third-order valence-electron chi connectivity index (χ3n) is 3.53. The molecule has 0 aliphatic heterocycles. The van der Waals surface area contributed by atoms with Crippen molar-refractivity contribution in [3.05, 3.63) is 41.3 Å². The van der Waals surface area contributed by atoms with E-state index in [-0.39, 0.29) is 12.2 Å². The summed E-state index contributed by atoms with van der Waals surface area (Å²) >= 11 is 0. The number of methoxy groups -OCH3 is 1. The molecule has 2 aromatic rings. The molecule has 8 nitrogen and oxygen atoms in total. The molecule has 8 heteroatoms. The summed E-state index contributed by atoms with van der Waals surface area (Å²) in [6.07, 6.45) is 1.39. The third kappa shape index (κ3) is 3.60. The van der Waals surface area contributed by atoms with E-state index in [4.69, 9.17) is 4.74 Å². The molecule has 2 N–H and O–H groups in total. The van der Waals surface area contributed by atoms with Crippen molar-refractivity contribution >= 4 is 11.9 Å². The number of hydrogen-bond acceptors (Lipinski definition) is 5. The molecule has 1 atom stereocenters. The quantitative estimate of drug-likeness (QED) is 0.820. The molecular formula is C16H20N4O4. The number of hydrogen-bond donors (Lipinski definition) is 2. The van der Waals surface area contributed by atoms with Crippen LogP contribution in [0.15, 0.2) is 24.4 Å². The number of carboxylic acid groups (broad SMARTS) is 1. The van der Waals surface area contributed by atoms with Gasteiger partial charge in [0.2, 0.25) is 0 Å². The number of pyridine rings is 1. The van der Waals surface area contributed by atoms with Crippen molar-refractivity contribution in [2.24, 2.45) is 0 Å². The number of amides is 1. The smallest absolute Gasteiger partial charge is 0.331 e. The summed E-state index contributed by atoms with van der Waals surface area (Å²) in [5.74, 6) is -1.13. The predicted octanol–water partition coefficient (Wildman–Crippen LogP) is 1.10. The minimum atomic E-state index is -1.51. The number of rotatable bonds is 6. The van der Waals surface area contributed by atoms with Crippen molar-refractivity contribution in [1.82, 2.24) is 20.1 Å². The summed E-state index contributed by atoms with van der Waals surface area (Å²) in [5.41, 5.74) is 0.535. The Morgan fingerprint density at radius 1 is 1.38 bits per heavy atom. The fourth-order valence-corrected chi connectivity index (χ4v) is 2.27. The summed E-state index contributed by atoms with van der Waals surface area (Å²) in [4.78, 5) is 27.8. The molecule has 24 heavy (non-hydrogen) atoms. The Labute approximate surface area is 139 Å². The molecule has 2 aromatic heterocycles. The number of carbonyl (C=O) groups excluding carboxylic acids is 1. The Hall–Kier alpha value is -2.74. The number of nitrogens with one attached hydrogen (secondary N) is 1. The Morgan fingerprint density at radius 3 is 2.54 bits per heavy atom. The van der Waals surface area contributed by atoms with Gasteiger partial charge in [0.05, 0.1) is 17.9 Å². The van der Waals surface area contributed by atoms with Crippen LogP contribution in [0.1, 0.15) is 28.7 Å². The zero-order valence-electron chi connectivity index (χ0n) is 14.0. The zero-order chi connectivity index (χ0) is 17.9. The minimum absolute atomic E-state index is 0.147. The lowest BCUT2D eigenvalue weighted by atomic mass is 10.0. The minimum Gasteiger partial charge on any atom is -0.479 e. The molecule has 1 unspecified atom stereocenters. The summed E-state index contributed by atoms with van der Waals surface area (Å²) in [5, 5.41) is 16.0. The van der Waals surface area contributed by atoms with Crippen LogP contribution in [0.25, 0.3) is 5.82 Å². The lowest BCUT2D eigenvalue weighted by Crippen LogP contribution is -2.55. The number of aryl methyl sites for hydroxylation is 2. The van der Waals surface area contributed by atoms with Crippen LogP contribution in [-0.4, -0.2) is 51.0 Å². The van der Waals surface area contributed by atoms with E-state index < -0.39 is 17.4 Å². The second kappa shape index (κ2) is 6.79. The second-order valence-corrected chi connectivity index (χ2v) is 5.77. The van der Waals surface area contributed by atoms with Crippen molar-refractivity contribution in [2.75, 3.05) is 13.7 Å². The van der Waals surface area contributed by atoms with Gasteiger partial charge >= 0.3 is 5.97 Å². The molecule has 0 bridgehead atoms. The van der Waals surface area contributed by atoms with Crippen LogP contribution in [0.4, 0.5) is 0 Å². The summed E-state index contributed by atoms with van der Waals surface area (Å²) in [6.45, 7) is 5.03. The third-order valence-corrected chi connectivity index (χ3v) is 3.53. The van der Waals surface area contributed by atoms with Crippen molar-refractivity contribution in [2.45, 2.75) is 26.3 Å². The van der Waals surface area contributed by atoms with Crippen molar-refractivity contribution in [3.63, 3.8) is 0 Å². The van der Waals surface area contributed by atoms with Gasteiger partial charge < -0.3 is 15.2 Å². The lowest BCUT2D eigenvalue weighted by Gasteiger charge is -2.25. The molecule has 2 rings (SSSR count). The van der Waals surface area contributed by atoms with Crippen LogP contribution in [0.3, 0.4) is 0 Å². The van der Waals surface area contributed by atoms with Gasteiger partial charge in [0.25, 0.3) is 5.91 Å². The predicted molar refractivity (Wildman–Crippen MR) is 86.2 cm³/mol. The van der Waals surface area contributed by atoms with Crippen LogP contribution < -0.4 is 5.32 Å². The van der Waals surface area contributed by atoms with E-state index in [1.54, 1.807) is 16.8 Å². The van der Waals surface area contributed by atoms with E-state index in [2.05, 4.69) is 15.4 Å². The number of aliphatic carboxylic acids is 1. The molecular weight excluding hydrogens is 312 g/mol. The first-order valence-electron chi connectivity index (χ1n) is 7.31. The monoisotopic (exact) mass is 332 g/mol. The van der Waals surface area contributed by atoms with E-state index in [9.17, 15) is 14.7 Å². The number of carbonyl (C=O) groups is 2. The number of aromatic nitrogens is 3. The highest BCUT2D eigenvalue weighted by Gasteiger charge is 2.35. The largest absolute Gasteiger partial charge is 0.479 e. The standard InChI is InChI=1S/C16H20N4O4/c1-10-7-11(2)20(19-10)13-6-5-12(8-17-13)14(21)18-16(3,9-24-4)15(22)23/h5-8H,9H2,1-4H3,(H,18,21)(H,22,23). The van der Waals surface area contributed by atoms with Crippen LogP contribution in [0.2, 0.25) is 0 Å². The van der Waals surface area contributed by atoms with Gasteiger partial charge in [0, 0.05) is 19.0 Å². The first-order chi connectivity index (χ1) is 11.3. The molecule has 0 radical (unpaired) electrons. The maximum atomic E-state index is 12.3. The average Bonchev–Trinajstić information content (AvgIpc) is 2.86. The van der Waals surface area contributed by atoms with Crippen LogP contribution in [-0.2, 0) is 9.53 Å². The van der Waals surface area contributed by atoms with Crippen LogP contribution in [0.5, 0.6) is 0 Å². The van der Waals surface area contributed by atoms with Gasteiger partial charge in [-0.1, -0.05) is 0 Å². The van der Waals surface area contributed by atoms with Gasteiger partial charge in [-0.25, -0.2) is 14.5 Å². The van der Waals surface area contributed by atoms with E-state index in [0.717, 1.165) is 11.4 Å². The highest BCUT2D eigenvalue weighted by Crippen LogP contribution is 2.12. The van der Waals surface area contributed by atoms with Gasteiger partial charge in [0.15, 0.2) is 11.4 Å². The maximum Gasteiger partial charge on any atom is 0.331 e. The summed E-state index contributed by atoms with van der Waals surface area (Å²) < 4.78 is 6.54. The van der Waals surface area contributed by atoms with Crippen molar-refractivity contribution in [1.29, 1.82) is 0 Å². The highest BCUT2D eigenvalue weighted by atomic mass is 16.5. The van der Waals surface area contributed by atoms with Gasteiger partial charge in [-0.2, -0.15) is 5.10 Å². The molecule has 2 heterocycles. The summed E-state index contributed by atoms with van der Waals surface area (Å²) in [6, 6.07) is 5.15. The molecule has 1 amide bonds. The lowest BCUT2D eigenvalue weighted by molar-refractivity contribution is -0.145. The van der Waals surface area contributed by atoms with E-state index in [1.807, 2.05) is 19.9 Å². The fraction of sp³-hybridized carbons (Fsp3) is 0.375. The second-order valence-electron chi connectivity index (χ2n) is 5.77. The molecule has 0 aliphatic rings. The molecule has 0 spiro atoms. The molecule has 0 aliphatic carbocycles. The Kier molecular flexibility index (Phi) is 4.99. The molecule has 0 saturated heterocycles. The molecule has 128 valence electrons. The van der Waals surface area contributed by atoms with E-state index >= 15 is 0 Å². The Balaban J connectivity index is 2.20. The first-order valence-corrected chi connectivity index (χ1v) is 7.31.